The van der Waals surface area contributed by atoms with Gasteiger partial charge in [0, 0.05) is 13.8 Å². The Balaban J connectivity index is 4.06. The number of rotatable bonds is 4. The van der Waals surface area contributed by atoms with E-state index in [4.69, 9.17) is 9.84 Å². The first-order valence-electron chi connectivity index (χ1n) is 4.02. The zero-order valence-corrected chi connectivity index (χ0v) is 8.03. The fraction of sp³-hybridized carbons (Fsp3) is 0.750. The fourth-order valence-electron chi connectivity index (χ4n) is 0.916. The van der Waals surface area contributed by atoms with Crippen LogP contribution in [-0.2, 0) is 14.3 Å². The number of hydrogen-bond acceptors (Lipinski definition) is 4. The van der Waals surface area contributed by atoms with E-state index in [0.29, 0.717) is 0 Å². The Morgan fingerprint density at radius 3 is 2.31 bits per heavy atom. The van der Waals surface area contributed by atoms with Crippen molar-refractivity contribution in [2.75, 3.05) is 6.61 Å². The summed E-state index contributed by atoms with van der Waals surface area (Å²) in [5.74, 6) is -0.700. The van der Waals surface area contributed by atoms with Gasteiger partial charge in [-0.2, -0.15) is 0 Å². The maximum absolute atomic E-state index is 10.6. The van der Waals surface area contributed by atoms with E-state index in [0.717, 1.165) is 0 Å². The van der Waals surface area contributed by atoms with Crippen LogP contribution in [0.4, 0.5) is 0 Å². The summed E-state index contributed by atoms with van der Waals surface area (Å²) in [5.41, 5.74) is 0. The lowest BCUT2D eigenvalue weighted by molar-refractivity contribution is -0.148. The van der Waals surface area contributed by atoms with Crippen molar-refractivity contribution in [2.45, 2.75) is 32.9 Å². The molecule has 2 atom stereocenters. The van der Waals surface area contributed by atoms with Gasteiger partial charge in [-0.05, 0) is 6.92 Å². The topological polar surface area (TPSA) is 75.6 Å². The summed E-state index contributed by atoms with van der Waals surface area (Å²) >= 11 is 0. The molecule has 13 heavy (non-hydrogen) atoms. The third kappa shape index (κ3) is 5.19. The lowest BCUT2D eigenvalue weighted by atomic mass is 10.2. The standard InChI is InChI=1S/C8H15NO4/c1-5(13-7(3)12)8(4-10)9-6(2)11/h5,8,10H,4H2,1-3H3,(H,9,11)/t5-,8+/m1/s1. The molecule has 0 aromatic rings. The second kappa shape index (κ2) is 5.53. The molecule has 0 aliphatic rings. The Hall–Kier alpha value is -1.10. The number of aliphatic hydroxyl groups excluding tert-OH is 1. The Morgan fingerprint density at radius 2 is 2.00 bits per heavy atom. The van der Waals surface area contributed by atoms with Crippen LogP contribution in [0, 0.1) is 0 Å². The van der Waals surface area contributed by atoms with E-state index >= 15 is 0 Å². The van der Waals surface area contributed by atoms with E-state index < -0.39 is 18.1 Å². The molecule has 0 heterocycles. The maximum atomic E-state index is 10.6. The number of esters is 1. The van der Waals surface area contributed by atoms with Gasteiger partial charge in [0.15, 0.2) is 0 Å². The van der Waals surface area contributed by atoms with Gasteiger partial charge in [-0.25, -0.2) is 0 Å². The quantitative estimate of drug-likeness (QED) is 0.581. The first-order valence-corrected chi connectivity index (χ1v) is 4.02. The van der Waals surface area contributed by atoms with Crippen LogP contribution in [0.15, 0.2) is 0 Å². The Kier molecular flexibility index (Phi) is 5.06. The number of amides is 1. The van der Waals surface area contributed by atoms with Crippen LogP contribution < -0.4 is 5.32 Å². The number of nitrogens with one attached hydrogen (secondary N) is 1. The van der Waals surface area contributed by atoms with Gasteiger partial charge >= 0.3 is 5.97 Å². The molecule has 0 radical (unpaired) electrons. The molecule has 5 heteroatoms. The zero-order valence-electron chi connectivity index (χ0n) is 8.03. The number of aliphatic hydroxyl groups is 1. The van der Waals surface area contributed by atoms with Crippen LogP contribution in [0.2, 0.25) is 0 Å². The van der Waals surface area contributed by atoms with Gasteiger partial charge < -0.3 is 15.2 Å². The van der Waals surface area contributed by atoms with E-state index in [1.165, 1.54) is 13.8 Å². The lowest BCUT2D eigenvalue weighted by Crippen LogP contribution is -2.45. The van der Waals surface area contributed by atoms with E-state index in [-0.39, 0.29) is 12.5 Å². The van der Waals surface area contributed by atoms with E-state index in [9.17, 15) is 9.59 Å². The van der Waals surface area contributed by atoms with Crippen LogP contribution in [-0.4, -0.2) is 35.7 Å². The molecule has 0 aromatic heterocycles. The number of carbonyl (C=O) groups excluding carboxylic acids is 2. The van der Waals surface area contributed by atoms with Gasteiger partial charge in [0.25, 0.3) is 0 Å². The van der Waals surface area contributed by atoms with Crippen LogP contribution in [0.25, 0.3) is 0 Å². The summed E-state index contributed by atoms with van der Waals surface area (Å²) in [4.78, 5) is 21.2. The average molecular weight is 189 g/mol. The SMILES string of the molecule is CC(=O)N[C@@H](CO)[C@@H](C)OC(C)=O. The van der Waals surface area contributed by atoms with Gasteiger partial charge in [0.2, 0.25) is 5.91 Å². The molecule has 0 spiro atoms. The summed E-state index contributed by atoms with van der Waals surface area (Å²) in [7, 11) is 0. The van der Waals surface area contributed by atoms with E-state index in [1.807, 2.05) is 0 Å². The highest BCUT2D eigenvalue weighted by Gasteiger charge is 2.19. The first-order chi connectivity index (χ1) is 5.97. The van der Waals surface area contributed by atoms with Gasteiger partial charge in [-0.15, -0.1) is 0 Å². The van der Waals surface area contributed by atoms with E-state index in [2.05, 4.69) is 5.32 Å². The second-order valence-electron chi connectivity index (χ2n) is 2.80. The highest BCUT2D eigenvalue weighted by Crippen LogP contribution is 1.98. The minimum atomic E-state index is -0.540. The molecule has 1 amide bonds. The zero-order chi connectivity index (χ0) is 10.4. The minimum absolute atomic E-state index is 0.256. The monoisotopic (exact) mass is 189 g/mol. The molecular formula is C8H15NO4. The van der Waals surface area contributed by atoms with Crippen molar-refractivity contribution in [3.05, 3.63) is 0 Å². The second-order valence-corrected chi connectivity index (χ2v) is 2.80. The van der Waals surface area contributed by atoms with Gasteiger partial charge in [-0.1, -0.05) is 0 Å². The van der Waals surface area contributed by atoms with Crippen molar-refractivity contribution in [1.29, 1.82) is 0 Å². The predicted octanol–water partition coefficient (Wildman–Crippen LogP) is -0.565. The largest absolute Gasteiger partial charge is 0.461 e. The van der Waals surface area contributed by atoms with E-state index in [1.54, 1.807) is 6.92 Å². The fourth-order valence-corrected chi connectivity index (χ4v) is 0.916. The summed E-state index contributed by atoms with van der Waals surface area (Å²) in [5, 5.41) is 11.3. The number of carbonyl (C=O) groups is 2. The maximum Gasteiger partial charge on any atom is 0.302 e. The molecule has 76 valence electrons. The highest BCUT2D eigenvalue weighted by atomic mass is 16.5. The van der Waals surface area contributed by atoms with Gasteiger partial charge in [0.1, 0.15) is 6.10 Å². The molecule has 0 aliphatic carbocycles. The summed E-state index contributed by atoms with van der Waals surface area (Å²) in [6.45, 7) is 3.97. The van der Waals surface area contributed by atoms with Crippen LogP contribution in [0.5, 0.6) is 0 Å². The number of ether oxygens (including phenoxy) is 1. The summed E-state index contributed by atoms with van der Waals surface area (Å²) in [6, 6.07) is -0.540. The molecule has 0 saturated heterocycles. The molecule has 2 N–H and O–H groups in total. The third-order valence-corrected chi connectivity index (χ3v) is 1.50. The molecule has 0 aromatic carbocycles. The molecule has 0 bridgehead atoms. The molecule has 0 rings (SSSR count). The van der Waals surface area contributed by atoms with Gasteiger partial charge in [0.05, 0.1) is 12.6 Å². The molecule has 0 aliphatic heterocycles. The Labute approximate surface area is 77.1 Å². The Bertz CT molecular complexity index is 193. The highest BCUT2D eigenvalue weighted by molar-refractivity contribution is 5.73. The lowest BCUT2D eigenvalue weighted by Gasteiger charge is -2.21. The van der Waals surface area contributed by atoms with Crippen molar-refractivity contribution in [1.82, 2.24) is 5.32 Å². The summed E-state index contributed by atoms with van der Waals surface area (Å²) < 4.78 is 4.79. The normalized spacial score (nSPS) is 14.5. The molecule has 0 fully saturated rings. The molecule has 5 nitrogen and oxygen atoms in total. The van der Waals surface area contributed by atoms with Crippen molar-refractivity contribution >= 4 is 11.9 Å². The van der Waals surface area contributed by atoms with Crippen molar-refractivity contribution in [3.63, 3.8) is 0 Å². The first kappa shape index (κ1) is 11.9. The van der Waals surface area contributed by atoms with Crippen molar-refractivity contribution < 1.29 is 19.4 Å². The number of hydrogen-bond donors (Lipinski definition) is 2. The van der Waals surface area contributed by atoms with Crippen LogP contribution in [0.1, 0.15) is 20.8 Å². The average Bonchev–Trinajstić information content (AvgIpc) is 1.98. The van der Waals surface area contributed by atoms with Gasteiger partial charge in [-0.3, -0.25) is 9.59 Å². The molecule has 0 unspecified atom stereocenters. The van der Waals surface area contributed by atoms with Crippen LogP contribution in [0.3, 0.4) is 0 Å². The van der Waals surface area contributed by atoms with Crippen molar-refractivity contribution in [2.24, 2.45) is 0 Å². The predicted molar refractivity (Wildman–Crippen MR) is 45.9 cm³/mol. The third-order valence-electron chi connectivity index (χ3n) is 1.50. The molecule has 0 saturated carbocycles. The smallest absolute Gasteiger partial charge is 0.302 e. The summed E-state index contributed by atoms with van der Waals surface area (Å²) in [6.07, 6.45) is -0.522. The van der Waals surface area contributed by atoms with Crippen molar-refractivity contribution in [3.8, 4) is 0 Å². The Morgan fingerprint density at radius 1 is 1.46 bits per heavy atom. The minimum Gasteiger partial charge on any atom is -0.461 e. The van der Waals surface area contributed by atoms with Crippen LogP contribution >= 0.6 is 0 Å². The molecular weight excluding hydrogens is 174 g/mol.